The maximum absolute atomic E-state index is 11.3. The molecule has 0 aliphatic heterocycles. The first-order chi connectivity index (χ1) is 6.60. The highest BCUT2D eigenvalue weighted by atomic mass is 16.5. The SMILES string of the molecule is COC(=O)c1cc(N)c(N)cc1OC. The summed E-state index contributed by atoms with van der Waals surface area (Å²) in [6.45, 7) is 0. The number of methoxy groups -OCH3 is 2. The quantitative estimate of drug-likeness (QED) is 0.535. The van der Waals surface area contributed by atoms with Crippen LogP contribution in [0.2, 0.25) is 0 Å². The number of nitrogens with two attached hydrogens (primary N) is 2. The lowest BCUT2D eigenvalue weighted by Gasteiger charge is -2.09. The number of hydrogen-bond acceptors (Lipinski definition) is 5. The van der Waals surface area contributed by atoms with Gasteiger partial charge in [-0.2, -0.15) is 0 Å². The maximum atomic E-state index is 11.3. The molecule has 0 atom stereocenters. The molecule has 5 nitrogen and oxygen atoms in total. The molecule has 0 radical (unpaired) electrons. The third kappa shape index (κ3) is 1.71. The van der Waals surface area contributed by atoms with Crippen molar-refractivity contribution in [3.8, 4) is 5.75 Å². The zero-order valence-electron chi connectivity index (χ0n) is 8.03. The Labute approximate surface area is 81.6 Å². The van der Waals surface area contributed by atoms with E-state index in [1.807, 2.05) is 0 Å². The summed E-state index contributed by atoms with van der Waals surface area (Å²) in [4.78, 5) is 11.3. The Morgan fingerprint density at radius 3 is 2.29 bits per heavy atom. The predicted octanol–water partition coefficient (Wildman–Crippen LogP) is 0.646. The monoisotopic (exact) mass is 196 g/mol. The van der Waals surface area contributed by atoms with Crippen LogP contribution in [0.5, 0.6) is 5.75 Å². The highest BCUT2D eigenvalue weighted by molar-refractivity contribution is 5.95. The van der Waals surface area contributed by atoms with Crippen molar-refractivity contribution in [2.45, 2.75) is 0 Å². The number of carbonyl (C=O) groups is 1. The van der Waals surface area contributed by atoms with Gasteiger partial charge in [0.1, 0.15) is 11.3 Å². The van der Waals surface area contributed by atoms with Crippen LogP contribution in [0, 0.1) is 0 Å². The smallest absolute Gasteiger partial charge is 0.341 e. The number of ether oxygens (including phenoxy) is 2. The Kier molecular flexibility index (Phi) is 2.81. The van der Waals surface area contributed by atoms with Gasteiger partial charge < -0.3 is 20.9 Å². The lowest BCUT2D eigenvalue weighted by molar-refractivity contribution is 0.0597. The second-order valence-corrected chi connectivity index (χ2v) is 2.67. The summed E-state index contributed by atoms with van der Waals surface area (Å²) in [5.74, 6) is -0.155. The molecule has 0 saturated carbocycles. The molecule has 14 heavy (non-hydrogen) atoms. The first kappa shape index (κ1) is 10.2. The number of anilines is 2. The normalized spacial score (nSPS) is 9.57. The largest absolute Gasteiger partial charge is 0.496 e. The minimum Gasteiger partial charge on any atom is -0.496 e. The second kappa shape index (κ2) is 3.87. The van der Waals surface area contributed by atoms with Gasteiger partial charge >= 0.3 is 5.97 Å². The molecule has 1 rings (SSSR count). The Balaban J connectivity index is 3.27. The van der Waals surface area contributed by atoms with E-state index in [-0.39, 0.29) is 5.56 Å². The molecule has 76 valence electrons. The van der Waals surface area contributed by atoms with Gasteiger partial charge in [0.2, 0.25) is 0 Å². The fourth-order valence-corrected chi connectivity index (χ4v) is 1.05. The topological polar surface area (TPSA) is 87.6 Å². The summed E-state index contributed by atoms with van der Waals surface area (Å²) in [6.07, 6.45) is 0. The number of benzene rings is 1. The fourth-order valence-electron chi connectivity index (χ4n) is 1.05. The van der Waals surface area contributed by atoms with Gasteiger partial charge in [0.25, 0.3) is 0 Å². The maximum Gasteiger partial charge on any atom is 0.341 e. The van der Waals surface area contributed by atoms with Crippen molar-refractivity contribution < 1.29 is 14.3 Å². The van der Waals surface area contributed by atoms with Gasteiger partial charge in [-0.15, -0.1) is 0 Å². The minimum absolute atomic E-state index is 0.265. The van der Waals surface area contributed by atoms with Gasteiger partial charge in [0, 0.05) is 6.07 Å². The molecule has 0 heterocycles. The lowest BCUT2D eigenvalue weighted by atomic mass is 10.1. The molecular formula is C9H12N2O3. The van der Waals surface area contributed by atoms with E-state index in [0.29, 0.717) is 17.1 Å². The highest BCUT2D eigenvalue weighted by Crippen LogP contribution is 2.27. The van der Waals surface area contributed by atoms with Crippen molar-refractivity contribution in [1.29, 1.82) is 0 Å². The van der Waals surface area contributed by atoms with Crippen LogP contribution in [0.1, 0.15) is 10.4 Å². The Morgan fingerprint density at radius 1 is 1.21 bits per heavy atom. The zero-order chi connectivity index (χ0) is 10.7. The van der Waals surface area contributed by atoms with Crippen LogP contribution in [-0.2, 0) is 4.74 Å². The van der Waals surface area contributed by atoms with Gasteiger partial charge in [-0.25, -0.2) is 4.79 Å². The minimum atomic E-state index is -0.506. The summed E-state index contributed by atoms with van der Waals surface area (Å²) in [5, 5.41) is 0. The Hall–Kier alpha value is -1.91. The Morgan fingerprint density at radius 2 is 1.79 bits per heavy atom. The Bertz CT molecular complexity index is 363. The van der Waals surface area contributed by atoms with Crippen LogP contribution >= 0.6 is 0 Å². The van der Waals surface area contributed by atoms with E-state index in [1.54, 1.807) is 0 Å². The molecule has 0 aliphatic carbocycles. The van der Waals surface area contributed by atoms with E-state index in [0.717, 1.165) is 0 Å². The molecule has 0 bridgehead atoms. The molecule has 0 saturated heterocycles. The standard InChI is InChI=1S/C9H12N2O3/c1-13-8-4-7(11)6(10)3-5(8)9(12)14-2/h3-4H,10-11H2,1-2H3. The third-order valence-electron chi connectivity index (χ3n) is 1.81. The van der Waals surface area contributed by atoms with Gasteiger partial charge in [-0.1, -0.05) is 0 Å². The predicted molar refractivity (Wildman–Crippen MR) is 53.2 cm³/mol. The molecule has 1 aromatic rings. The van der Waals surface area contributed by atoms with Crippen LogP contribution in [0.15, 0.2) is 12.1 Å². The van der Waals surface area contributed by atoms with Crippen molar-refractivity contribution in [2.24, 2.45) is 0 Å². The summed E-state index contributed by atoms with van der Waals surface area (Å²) < 4.78 is 9.53. The molecular weight excluding hydrogens is 184 g/mol. The highest BCUT2D eigenvalue weighted by Gasteiger charge is 2.14. The number of rotatable bonds is 2. The van der Waals surface area contributed by atoms with E-state index in [9.17, 15) is 4.79 Å². The van der Waals surface area contributed by atoms with Gasteiger partial charge in [0.15, 0.2) is 0 Å². The summed E-state index contributed by atoms with van der Waals surface area (Å²) in [5.41, 5.74) is 12.1. The van der Waals surface area contributed by atoms with Crippen LogP contribution in [0.4, 0.5) is 11.4 Å². The second-order valence-electron chi connectivity index (χ2n) is 2.67. The van der Waals surface area contributed by atoms with Crippen LogP contribution in [-0.4, -0.2) is 20.2 Å². The van der Waals surface area contributed by atoms with E-state index in [1.165, 1.54) is 26.4 Å². The van der Waals surface area contributed by atoms with Crippen LogP contribution in [0.25, 0.3) is 0 Å². The molecule has 0 unspecified atom stereocenters. The van der Waals surface area contributed by atoms with Crippen molar-refractivity contribution in [3.63, 3.8) is 0 Å². The molecule has 0 amide bonds. The van der Waals surface area contributed by atoms with Gasteiger partial charge in [0.05, 0.1) is 25.6 Å². The van der Waals surface area contributed by atoms with Gasteiger partial charge in [-0.05, 0) is 6.07 Å². The van der Waals surface area contributed by atoms with Crippen molar-refractivity contribution in [2.75, 3.05) is 25.7 Å². The molecule has 5 heteroatoms. The molecule has 0 spiro atoms. The number of carbonyl (C=O) groups excluding carboxylic acids is 1. The van der Waals surface area contributed by atoms with E-state index >= 15 is 0 Å². The first-order valence-corrected chi connectivity index (χ1v) is 3.91. The summed E-state index contributed by atoms with van der Waals surface area (Å²) >= 11 is 0. The number of hydrogen-bond donors (Lipinski definition) is 2. The van der Waals surface area contributed by atoms with E-state index in [4.69, 9.17) is 16.2 Å². The average molecular weight is 196 g/mol. The van der Waals surface area contributed by atoms with E-state index in [2.05, 4.69) is 4.74 Å². The van der Waals surface area contributed by atoms with Crippen molar-refractivity contribution in [1.82, 2.24) is 0 Å². The van der Waals surface area contributed by atoms with Crippen molar-refractivity contribution in [3.05, 3.63) is 17.7 Å². The van der Waals surface area contributed by atoms with Gasteiger partial charge in [-0.3, -0.25) is 0 Å². The van der Waals surface area contributed by atoms with Crippen LogP contribution < -0.4 is 16.2 Å². The van der Waals surface area contributed by atoms with Crippen LogP contribution in [0.3, 0.4) is 0 Å². The third-order valence-corrected chi connectivity index (χ3v) is 1.81. The zero-order valence-corrected chi connectivity index (χ0v) is 8.03. The summed E-state index contributed by atoms with van der Waals surface area (Å²) in [6, 6.07) is 2.92. The molecule has 4 N–H and O–H groups in total. The van der Waals surface area contributed by atoms with Crippen molar-refractivity contribution >= 4 is 17.3 Å². The first-order valence-electron chi connectivity index (χ1n) is 3.91. The van der Waals surface area contributed by atoms with E-state index < -0.39 is 5.97 Å². The average Bonchev–Trinajstić information content (AvgIpc) is 2.20. The lowest BCUT2D eigenvalue weighted by Crippen LogP contribution is -2.06. The number of nitrogen functional groups attached to an aromatic ring is 2. The fraction of sp³-hybridized carbons (Fsp3) is 0.222. The number of esters is 1. The molecule has 0 aliphatic rings. The molecule has 0 aromatic heterocycles. The summed E-state index contributed by atoms with van der Waals surface area (Å²) in [7, 11) is 2.73. The molecule has 0 fully saturated rings. The molecule has 1 aromatic carbocycles.